The van der Waals surface area contributed by atoms with Crippen molar-refractivity contribution in [2.24, 2.45) is 4.99 Å². The fourth-order valence-corrected chi connectivity index (χ4v) is 3.74. The van der Waals surface area contributed by atoms with E-state index in [1.54, 1.807) is 10.9 Å². The van der Waals surface area contributed by atoms with E-state index in [2.05, 4.69) is 20.7 Å². The lowest BCUT2D eigenvalue weighted by Crippen LogP contribution is -2.51. The zero-order valence-corrected chi connectivity index (χ0v) is 18.9. The molecule has 1 saturated heterocycles. The summed E-state index contributed by atoms with van der Waals surface area (Å²) in [5.41, 5.74) is -4.20. The van der Waals surface area contributed by atoms with Crippen LogP contribution in [0.25, 0.3) is 0 Å². The number of rotatable bonds is 6. The highest BCUT2D eigenvalue weighted by atomic mass is 127. The minimum absolute atomic E-state index is 0. The van der Waals surface area contributed by atoms with Gasteiger partial charge in [0.25, 0.3) is 0 Å². The molecule has 1 aromatic heterocycles. The highest BCUT2D eigenvalue weighted by Crippen LogP contribution is 2.28. The highest BCUT2D eigenvalue weighted by Gasteiger charge is 2.50. The Hall–Kier alpha value is -1.09. The third-order valence-corrected chi connectivity index (χ3v) is 5.76. The van der Waals surface area contributed by atoms with Crippen molar-refractivity contribution in [1.29, 1.82) is 0 Å². The Bertz CT molecular complexity index is 745. The SMILES string of the molecule is CCNC(=NCCn1cc(C)cn1)NC1CCN(S(=O)(=O)C(F)(F)F)CC1.I. The van der Waals surface area contributed by atoms with Gasteiger partial charge >= 0.3 is 15.5 Å². The molecule has 0 atom stereocenters. The molecule has 8 nitrogen and oxygen atoms in total. The molecule has 2 N–H and O–H groups in total. The Balaban J connectivity index is 0.00000392. The topological polar surface area (TPSA) is 91.6 Å². The molecule has 2 rings (SSSR count). The first-order valence-electron chi connectivity index (χ1n) is 8.74. The fourth-order valence-electron chi connectivity index (χ4n) is 2.75. The van der Waals surface area contributed by atoms with Crippen LogP contribution in [0.15, 0.2) is 17.4 Å². The number of hydrogen-bond acceptors (Lipinski definition) is 4. The number of aromatic nitrogens is 2. The number of piperidine rings is 1. The van der Waals surface area contributed by atoms with Crippen molar-refractivity contribution in [3.63, 3.8) is 0 Å². The van der Waals surface area contributed by atoms with Crippen LogP contribution in [0, 0.1) is 6.92 Å². The summed E-state index contributed by atoms with van der Waals surface area (Å²) in [5, 5.41) is 10.4. The molecule has 0 unspecified atom stereocenters. The molecule has 13 heteroatoms. The molecule has 1 aliphatic heterocycles. The molecule has 0 amide bonds. The van der Waals surface area contributed by atoms with Gasteiger partial charge in [-0.05, 0) is 32.3 Å². The van der Waals surface area contributed by atoms with Crippen molar-refractivity contribution >= 4 is 40.0 Å². The van der Waals surface area contributed by atoms with Gasteiger partial charge in [-0.1, -0.05) is 0 Å². The van der Waals surface area contributed by atoms with Crippen LogP contribution in [-0.4, -0.2) is 66.2 Å². The lowest BCUT2D eigenvalue weighted by Gasteiger charge is -2.32. The number of nitrogens with zero attached hydrogens (tertiary/aromatic N) is 4. The second-order valence-electron chi connectivity index (χ2n) is 6.31. The van der Waals surface area contributed by atoms with Crippen molar-refractivity contribution in [1.82, 2.24) is 24.7 Å². The van der Waals surface area contributed by atoms with Gasteiger partial charge in [-0.3, -0.25) is 9.67 Å². The number of guanidine groups is 1. The van der Waals surface area contributed by atoms with E-state index >= 15 is 0 Å². The highest BCUT2D eigenvalue weighted by molar-refractivity contribution is 14.0. The quantitative estimate of drug-likeness (QED) is 0.327. The van der Waals surface area contributed by atoms with Gasteiger partial charge in [-0.15, -0.1) is 24.0 Å². The summed E-state index contributed by atoms with van der Waals surface area (Å²) in [4.78, 5) is 4.44. The van der Waals surface area contributed by atoms with E-state index in [9.17, 15) is 21.6 Å². The summed E-state index contributed by atoms with van der Waals surface area (Å²) >= 11 is 0. The Morgan fingerprint density at radius 1 is 1.36 bits per heavy atom. The average molecular weight is 538 g/mol. The minimum Gasteiger partial charge on any atom is -0.357 e. The van der Waals surface area contributed by atoms with Crippen LogP contribution in [0.3, 0.4) is 0 Å². The van der Waals surface area contributed by atoms with Gasteiger partial charge < -0.3 is 10.6 Å². The molecular weight excluding hydrogens is 512 g/mol. The van der Waals surface area contributed by atoms with Crippen LogP contribution >= 0.6 is 24.0 Å². The number of halogens is 4. The van der Waals surface area contributed by atoms with E-state index < -0.39 is 15.5 Å². The number of sulfonamides is 1. The van der Waals surface area contributed by atoms with Gasteiger partial charge in [0, 0.05) is 31.9 Å². The molecule has 2 heterocycles. The maximum Gasteiger partial charge on any atom is 0.511 e. The van der Waals surface area contributed by atoms with Gasteiger partial charge in [0.2, 0.25) is 0 Å². The summed E-state index contributed by atoms with van der Waals surface area (Å²) in [5.74, 6) is 0.554. The largest absolute Gasteiger partial charge is 0.511 e. The van der Waals surface area contributed by atoms with E-state index in [0.29, 0.717) is 29.9 Å². The van der Waals surface area contributed by atoms with Crippen LogP contribution in [0.4, 0.5) is 13.2 Å². The van der Waals surface area contributed by atoms with E-state index in [0.717, 1.165) is 5.56 Å². The van der Waals surface area contributed by atoms with Crippen molar-refractivity contribution < 1.29 is 21.6 Å². The first-order chi connectivity index (χ1) is 12.6. The number of hydrogen-bond donors (Lipinski definition) is 2. The van der Waals surface area contributed by atoms with Gasteiger partial charge in [0.05, 0.1) is 19.3 Å². The lowest BCUT2D eigenvalue weighted by atomic mass is 10.1. The first-order valence-corrected chi connectivity index (χ1v) is 10.2. The van der Waals surface area contributed by atoms with Gasteiger partial charge in [0.1, 0.15) is 0 Å². The van der Waals surface area contributed by atoms with Crippen LogP contribution in [0.2, 0.25) is 0 Å². The summed E-state index contributed by atoms with van der Waals surface area (Å²) in [6.07, 6.45) is 4.22. The molecule has 162 valence electrons. The molecule has 1 aliphatic rings. The number of aliphatic imine (C=N–C) groups is 1. The first kappa shape index (κ1) is 24.9. The zero-order valence-electron chi connectivity index (χ0n) is 15.7. The molecule has 1 aromatic rings. The summed E-state index contributed by atoms with van der Waals surface area (Å²) in [6, 6.07) is -0.144. The van der Waals surface area contributed by atoms with E-state index in [4.69, 9.17) is 0 Å². The van der Waals surface area contributed by atoms with Gasteiger partial charge in [0.15, 0.2) is 5.96 Å². The van der Waals surface area contributed by atoms with Gasteiger partial charge in [-0.2, -0.15) is 22.6 Å². The summed E-state index contributed by atoms with van der Waals surface area (Å²) < 4.78 is 63.1. The van der Waals surface area contributed by atoms with Crippen LogP contribution in [-0.2, 0) is 16.6 Å². The molecular formula is C15H26F3IN6O2S. The van der Waals surface area contributed by atoms with Crippen molar-refractivity contribution in [2.75, 3.05) is 26.2 Å². The van der Waals surface area contributed by atoms with Crippen molar-refractivity contribution in [3.8, 4) is 0 Å². The van der Waals surface area contributed by atoms with Crippen LogP contribution in [0.1, 0.15) is 25.3 Å². The number of alkyl halides is 3. The Morgan fingerprint density at radius 3 is 2.50 bits per heavy atom. The van der Waals surface area contributed by atoms with E-state index in [-0.39, 0.29) is 55.9 Å². The van der Waals surface area contributed by atoms with E-state index in [1.807, 2.05) is 20.0 Å². The third kappa shape index (κ3) is 6.76. The lowest BCUT2D eigenvalue weighted by molar-refractivity contribution is -0.0494. The molecule has 28 heavy (non-hydrogen) atoms. The normalized spacial score (nSPS) is 17.2. The predicted octanol–water partition coefficient (Wildman–Crippen LogP) is 1.68. The minimum atomic E-state index is -5.26. The monoisotopic (exact) mass is 538 g/mol. The molecule has 0 radical (unpaired) electrons. The Kier molecular flexibility index (Phi) is 9.46. The summed E-state index contributed by atoms with van der Waals surface area (Å²) in [6.45, 7) is 5.23. The van der Waals surface area contributed by atoms with Gasteiger partial charge in [-0.25, -0.2) is 8.42 Å². The molecule has 0 aliphatic carbocycles. The van der Waals surface area contributed by atoms with E-state index in [1.165, 1.54) is 0 Å². The summed E-state index contributed by atoms with van der Waals surface area (Å²) in [7, 11) is -5.25. The Morgan fingerprint density at radius 2 is 2.00 bits per heavy atom. The number of aryl methyl sites for hydroxylation is 1. The van der Waals surface area contributed by atoms with Crippen molar-refractivity contribution in [2.45, 2.75) is 44.8 Å². The maximum absolute atomic E-state index is 12.6. The number of nitrogens with one attached hydrogen (secondary N) is 2. The molecule has 0 saturated carbocycles. The average Bonchev–Trinajstić information content (AvgIpc) is 3.00. The molecule has 1 fully saturated rings. The predicted molar refractivity (Wildman–Crippen MR) is 111 cm³/mol. The van der Waals surface area contributed by atoms with Crippen LogP contribution < -0.4 is 10.6 Å². The molecule has 0 bridgehead atoms. The molecule has 0 aromatic carbocycles. The second kappa shape index (κ2) is 10.6. The Labute approximate surface area is 180 Å². The molecule has 0 spiro atoms. The zero-order chi connectivity index (χ0) is 20.1. The smallest absolute Gasteiger partial charge is 0.357 e. The maximum atomic E-state index is 12.6. The van der Waals surface area contributed by atoms with Crippen molar-refractivity contribution in [3.05, 3.63) is 18.0 Å². The second-order valence-corrected chi connectivity index (χ2v) is 8.24. The fraction of sp³-hybridized carbons (Fsp3) is 0.733. The van der Waals surface area contributed by atoms with Crippen LogP contribution in [0.5, 0.6) is 0 Å². The standard InChI is InChI=1S/C15H25F3N6O2S.HI/c1-3-19-14(20-6-9-23-11-12(2)10-21-23)22-13-4-7-24(8-5-13)27(25,26)15(16,17)18;/h10-11,13H,3-9H2,1-2H3,(H2,19,20,22);1H. The third-order valence-electron chi connectivity index (χ3n) is 4.13.